The van der Waals surface area contributed by atoms with Gasteiger partial charge in [0.2, 0.25) is 6.79 Å². The monoisotopic (exact) mass is 478 g/mol. The number of hydrogen-bond donors (Lipinski definition) is 1. The molecule has 8 nitrogen and oxygen atoms in total. The highest BCUT2D eigenvalue weighted by atomic mass is 19.4. The fourth-order valence-corrected chi connectivity index (χ4v) is 3.78. The molecular weight excluding hydrogens is 457 g/mol. The molecule has 2 aromatic rings. The normalized spacial score (nSPS) is 17.6. The molecule has 0 aliphatic carbocycles. The summed E-state index contributed by atoms with van der Waals surface area (Å²) in [6, 6.07) is 7.45. The molecule has 2 amide bonds. The summed E-state index contributed by atoms with van der Waals surface area (Å²) in [5.74, 6) is 0.133. The number of hydrogen-bond acceptors (Lipinski definition) is 6. The van der Waals surface area contributed by atoms with Gasteiger partial charge in [-0.05, 0) is 36.8 Å². The number of methoxy groups -OCH3 is 1. The smallest absolute Gasteiger partial charge is 0.416 e. The zero-order valence-electron chi connectivity index (χ0n) is 18.3. The predicted octanol–water partition coefficient (Wildman–Crippen LogP) is 4.17. The summed E-state index contributed by atoms with van der Waals surface area (Å²) >= 11 is 0. The van der Waals surface area contributed by atoms with Gasteiger partial charge < -0.3 is 24.3 Å². The Balaban J connectivity index is 1.78. The fourth-order valence-electron chi connectivity index (χ4n) is 3.78. The lowest BCUT2D eigenvalue weighted by Gasteiger charge is -2.35. The van der Waals surface area contributed by atoms with Crippen molar-refractivity contribution in [2.24, 2.45) is 0 Å². The number of rotatable bonds is 6. The van der Waals surface area contributed by atoms with E-state index in [1.54, 1.807) is 18.2 Å². The first-order chi connectivity index (χ1) is 16.2. The van der Waals surface area contributed by atoms with Crippen molar-refractivity contribution in [3.63, 3.8) is 0 Å². The topological polar surface area (TPSA) is 86.3 Å². The highest BCUT2D eigenvalue weighted by molar-refractivity contribution is 6.03. The summed E-state index contributed by atoms with van der Waals surface area (Å²) in [7, 11) is 1.44. The van der Waals surface area contributed by atoms with Gasteiger partial charge >= 0.3 is 18.2 Å². The molecular formula is C23H21F3N2O6. The second kappa shape index (κ2) is 9.26. The van der Waals surface area contributed by atoms with E-state index in [9.17, 15) is 22.8 Å². The number of carbonyl (C=O) groups excluding carboxylic acids is 2. The highest BCUT2D eigenvalue weighted by Gasteiger charge is 2.39. The van der Waals surface area contributed by atoms with E-state index in [0.29, 0.717) is 17.2 Å². The van der Waals surface area contributed by atoms with Crippen molar-refractivity contribution in [2.75, 3.05) is 32.0 Å². The molecule has 1 N–H and O–H groups in total. The van der Waals surface area contributed by atoms with Gasteiger partial charge in [0, 0.05) is 18.9 Å². The van der Waals surface area contributed by atoms with Crippen molar-refractivity contribution in [1.29, 1.82) is 0 Å². The number of nitrogens with zero attached hydrogens (tertiary/aromatic N) is 1. The van der Waals surface area contributed by atoms with E-state index in [0.717, 1.165) is 12.1 Å². The Bertz CT molecular complexity index is 1150. The number of allylic oxidation sites excluding steroid dienone is 1. The molecule has 0 saturated heterocycles. The minimum absolute atomic E-state index is 0.00676. The van der Waals surface area contributed by atoms with Crippen LogP contribution in [-0.4, -0.2) is 39.1 Å². The largest absolute Gasteiger partial charge is 0.460 e. The van der Waals surface area contributed by atoms with E-state index in [4.69, 9.17) is 18.9 Å². The van der Waals surface area contributed by atoms with Crippen LogP contribution in [0.3, 0.4) is 0 Å². The summed E-state index contributed by atoms with van der Waals surface area (Å²) in [6.07, 6.45) is -4.59. The molecule has 180 valence electrons. The van der Waals surface area contributed by atoms with Crippen LogP contribution in [-0.2, 0) is 20.4 Å². The van der Waals surface area contributed by atoms with Gasteiger partial charge in [0.05, 0.1) is 29.5 Å². The van der Waals surface area contributed by atoms with Crippen molar-refractivity contribution >= 4 is 17.7 Å². The first-order valence-electron chi connectivity index (χ1n) is 10.2. The summed E-state index contributed by atoms with van der Waals surface area (Å²) in [5.41, 5.74) is -0.238. The third-order valence-corrected chi connectivity index (χ3v) is 5.39. The molecule has 2 heterocycles. The van der Waals surface area contributed by atoms with E-state index in [2.05, 4.69) is 5.32 Å². The Hall–Kier alpha value is -3.73. The van der Waals surface area contributed by atoms with E-state index in [1.807, 2.05) is 0 Å². The number of anilines is 1. The molecule has 0 fully saturated rings. The van der Waals surface area contributed by atoms with Crippen LogP contribution < -0.4 is 19.7 Å². The van der Waals surface area contributed by atoms with Crippen molar-refractivity contribution < 1.29 is 41.7 Å². The summed E-state index contributed by atoms with van der Waals surface area (Å²) < 4.78 is 60.7. The zero-order chi connectivity index (χ0) is 24.5. The third kappa shape index (κ3) is 4.51. The minimum Gasteiger partial charge on any atom is -0.460 e. The first-order valence-corrected chi connectivity index (χ1v) is 10.2. The number of ether oxygens (including phenoxy) is 4. The molecule has 2 aromatic carbocycles. The molecule has 2 aliphatic rings. The lowest BCUT2D eigenvalue weighted by atomic mass is 9.93. The molecule has 0 bridgehead atoms. The standard InChI is InChI=1S/C23H21F3N2O6/c1-13-19(21(29)32-9-8-31-2)20(14-4-3-5-15(10-14)23(24,25)26)27-22(30)28(13)16-6-7-17-18(11-16)34-12-33-17/h3-7,10-11,20H,8-9,12H2,1-2H3,(H,27,30)/t20-/m0/s1. The van der Waals surface area contributed by atoms with Gasteiger partial charge in [-0.2, -0.15) is 13.2 Å². The number of carbonyl (C=O) groups is 2. The molecule has 0 radical (unpaired) electrons. The molecule has 4 rings (SSSR count). The Morgan fingerprint density at radius 2 is 1.91 bits per heavy atom. The first kappa shape index (κ1) is 23.4. The van der Waals surface area contributed by atoms with Gasteiger partial charge in [-0.15, -0.1) is 0 Å². The van der Waals surface area contributed by atoms with Gasteiger partial charge in [0.15, 0.2) is 11.5 Å². The SMILES string of the molecule is COCCOC(=O)C1=C(C)N(c2ccc3c(c2)OCO3)C(=O)N[C@H]1c1cccc(C(F)(F)F)c1. The van der Waals surface area contributed by atoms with Crippen LogP contribution >= 0.6 is 0 Å². The van der Waals surface area contributed by atoms with Crippen LogP contribution in [0.4, 0.5) is 23.7 Å². The molecule has 1 atom stereocenters. The molecule has 0 spiro atoms. The Kier molecular flexibility index (Phi) is 6.38. The Labute approximate surface area is 192 Å². The van der Waals surface area contributed by atoms with E-state index in [1.165, 1.54) is 31.1 Å². The zero-order valence-corrected chi connectivity index (χ0v) is 18.3. The molecule has 34 heavy (non-hydrogen) atoms. The summed E-state index contributed by atoms with van der Waals surface area (Å²) in [6.45, 7) is 1.62. The number of nitrogens with one attached hydrogen (secondary N) is 1. The van der Waals surface area contributed by atoms with Gasteiger partial charge in [0.1, 0.15) is 6.61 Å². The average molecular weight is 478 g/mol. The van der Waals surface area contributed by atoms with Crippen LogP contribution in [0.15, 0.2) is 53.7 Å². The van der Waals surface area contributed by atoms with Crippen LogP contribution in [0.2, 0.25) is 0 Å². The number of fused-ring (bicyclic) bond motifs is 1. The van der Waals surface area contributed by atoms with Crippen molar-refractivity contribution in [3.8, 4) is 11.5 Å². The molecule has 11 heteroatoms. The quantitative estimate of drug-likeness (QED) is 0.496. The van der Waals surface area contributed by atoms with Gasteiger partial charge in [-0.25, -0.2) is 9.59 Å². The highest BCUT2D eigenvalue weighted by Crippen LogP contribution is 2.40. The van der Waals surface area contributed by atoms with Crippen LogP contribution in [0.1, 0.15) is 24.1 Å². The summed E-state index contributed by atoms with van der Waals surface area (Å²) in [5, 5.41) is 2.64. The van der Waals surface area contributed by atoms with Crippen LogP contribution in [0.5, 0.6) is 11.5 Å². The number of amides is 2. The number of alkyl halides is 3. The number of esters is 1. The third-order valence-electron chi connectivity index (χ3n) is 5.39. The lowest BCUT2D eigenvalue weighted by molar-refractivity contribution is -0.140. The van der Waals surface area contributed by atoms with Crippen molar-refractivity contribution in [1.82, 2.24) is 5.32 Å². The van der Waals surface area contributed by atoms with Gasteiger partial charge in [-0.1, -0.05) is 12.1 Å². The Morgan fingerprint density at radius 1 is 1.15 bits per heavy atom. The number of halogens is 3. The number of urea groups is 1. The minimum atomic E-state index is -4.59. The lowest BCUT2D eigenvalue weighted by Crippen LogP contribution is -2.48. The van der Waals surface area contributed by atoms with Crippen molar-refractivity contribution in [3.05, 3.63) is 64.9 Å². The maximum atomic E-state index is 13.3. The van der Waals surface area contributed by atoms with E-state index >= 15 is 0 Å². The van der Waals surface area contributed by atoms with Gasteiger partial charge in [-0.3, -0.25) is 4.90 Å². The van der Waals surface area contributed by atoms with Crippen molar-refractivity contribution in [2.45, 2.75) is 19.1 Å². The van der Waals surface area contributed by atoms with Gasteiger partial charge in [0.25, 0.3) is 0 Å². The molecule has 0 aromatic heterocycles. The van der Waals surface area contributed by atoms with E-state index < -0.39 is 29.8 Å². The Morgan fingerprint density at radius 3 is 2.65 bits per heavy atom. The maximum Gasteiger partial charge on any atom is 0.416 e. The second-order valence-corrected chi connectivity index (χ2v) is 7.51. The predicted molar refractivity (Wildman–Crippen MR) is 113 cm³/mol. The van der Waals surface area contributed by atoms with Crippen LogP contribution in [0, 0.1) is 0 Å². The summed E-state index contributed by atoms with van der Waals surface area (Å²) in [4.78, 5) is 27.4. The molecule has 2 aliphatic heterocycles. The molecule has 0 saturated carbocycles. The van der Waals surface area contributed by atoms with Crippen LogP contribution in [0.25, 0.3) is 0 Å². The second-order valence-electron chi connectivity index (χ2n) is 7.51. The van der Waals surface area contributed by atoms with E-state index in [-0.39, 0.29) is 36.8 Å². The fraction of sp³-hybridized carbons (Fsp3) is 0.304. The number of benzene rings is 2. The molecule has 0 unspecified atom stereocenters. The average Bonchev–Trinajstić information content (AvgIpc) is 3.26. The maximum absolute atomic E-state index is 13.3.